The van der Waals surface area contributed by atoms with Gasteiger partial charge >= 0.3 is 6.36 Å². The molecule has 0 aliphatic carbocycles. The van der Waals surface area contributed by atoms with Crippen LogP contribution in [0.15, 0.2) is 42.7 Å². The third kappa shape index (κ3) is 3.91. The fourth-order valence-electron chi connectivity index (χ4n) is 2.30. The van der Waals surface area contributed by atoms with Crippen LogP contribution in [0.5, 0.6) is 11.5 Å². The molecule has 0 saturated carbocycles. The van der Waals surface area contributed by atoms with E-state index in [4.69, 9.17) is 16.3 Å². The number of aromatic amines is 1. The van der Waals surface area contributed by atoms with Crippen LogP contribution in [-0.2, 0) is 6.42 Å². The molecular weight excluding hydrogens is 345 g/mol. The minimum Gasteiger partial charge on any atom is -0.493 e. The molecule has 1 aromatic carbocycles. The smallest absolute Gasteiger partial charge is 0.493 e. The molecular formula is C16H12ClF3N2O2. The Morgan fingerprint density at radius 1 is 1.08 bits per heavy atom. The van der Waals surface area contributed by atoms with Gasteiger partial charge in [0, 0.05) is 24.2 Å². The zero-order valence-corrected chi connectivity index (χ0v) is 13.0. The van der Waals surface area contributed by atoms with Gasteiger partial charge in [0.1, 0.15) is 11.5 Å². The van der Waals surface area contributed by atoms with E-state index in [9.17, 15) is 13.2 Å². The molecule has 3 aromatic rings. The van der Waals surface area contributed by atoms with E-state index in [0.717, 1.165) is 16.5 Å². The highest BCUT2D eigenvalue weighted by Crippen LogP contribution is 2.26. The highest BCUT2D eigenvalue weighted by molar-refractivity contribution is 6.33. The van der Waals surface area contributed by atoms with Crippen molar-refractivity contribution in [2.24, 2.45) is 0 Å². The standard InChI is InChI=1S/C16H12ClF3N2O2/c17-15-14-13(5-7-21-15)10(9-22-14)6-8-23-11-1-3-12(4-2-11)24-16(18,19)20/h1-5,7,9,22H,6,8H2. The van der Waals surface area contributed by atoms with Crippen LogP contribution in [0.2, 0.25) is 5.15 Å². The largest absolute Gasteiger partial charge is 0.573 e. The van der Waals surface area contributed by atoms with E-state index in [1.807, 2.05) is 12.3 Å². The van der Waals surface area contributed by atoms with Crippen LogP contribution in [0, 0.1) is 0 Å². The number of benzene rings is 1. The fourth-order valence-corrected chi connectivity index (χ4v) is 2.51. The Hall–Kier alpha value is -2.41. The summed E-state index contributed by atoms with van der Waals surface area (Å²) in [5, 5.41) is 1.37. The van der Waals surface area contributed by atoms with E-state index in [1.165, 1.54) is 24.3 Å². The first-order chi connectivity index (χ1) is 11.4. The van der Waals surface area contributed by atoms with Gasteiger partial charge in [-0.15, -0.1) is 13.2 Å². The number of H-pyrrole nitrogens is 1. The molecule has 0 spiro atoms. The summed E-state index contributed by atoms with van der Waals surface area (Å²) in [7, 11) is 0. The molecule has 0 amide bonds. The van der Waals surface area contributed by atoms with Crippen molar-refractivity contribution in [3.8, 4) is 11.5 Å². The number of hydrogen-bond donors (Lipinski definition) is 1. The molecule has 0 fully saturated rings. The monoisotopic (exact) mass is 356 g/mol. The predicted molar refractivity (Wildman–Crippen MR) is 83.4 cm³/mol. The highest BCUT2D eigenvalue weighted by atomic mass is 35.5. The van der Waals surface area contributed by atoms with Gasteiger partial charge in [-0.05, 0) is 35.9 Å². The number of fused-ring (bicyclic) bond motifs is 1. The van der Waals surface area contributed by atoms with Crippen LogP contribution in [0.3, 0.4) is 0 Å². The molecule has 0 radical (unpaired) electrons. The lowest BCUT2D eigenvalue weighted by Crippen LogP contribution is -2.16. The van der Waals surface area contributed by atoms with Crippen molar-refractivity contribution in [3.05, 3.63) is 53.4 Å². The van der Waals surface area contributed by atoms with Crippen LogP contribution in [0.4, 0.5) is 13.2 Å². The number of pyridine rings is 1. The summed E-state index contributed by atoms with van der Waals surface area (Å²) in [6.07, 6.45) is -0.626. The highest BCUT2D eigenvalue weighted by Gasteiger charge is 2.30. The summed E-state index contributed by atoms with van der Waals surface area (Å²) in [5.74, 6) is 0.178. The summed E-state index contributed by atoms with van der Waals surface area (Å²) in [5.41, 5.74) is 1.79. The average Bonchev–Trinajstić information content (AvgIpc) is 2.92. The molecule has 1 N–H and O–H groups in total. The van der Waals surface area contributed by atoms with Crippen molar-refractivity contribution in [2.45, 2.75) is 12.8 Å². The fraction of sp³-hybridized carbons (Fsp3) is 0.188. The molecule has 4 nitrogen and oxygen atoms in total. The maximum atomic E-state index is 12.1. The van der Waals surface area contributed by atoms with E-state index in [2.05, 4.69) is 14.7 Å². The third-order valence-corrected chi connectivity index (χ3v) is 3.63. The van der Waals surface area contributed by atoms with Gasteiger partial charge in [0.2, 0.25) is 0 Å². The Kier molecular flexibility index (Phi) is 4.53. The van der Waals surface area contributed by atoms with Gasteiger partial charge in [-0.3, -0.25) is 0 Å². The number of halogens is 4. The minimum absolute atomic E-state index is 0.284. The summed E-state index contributed by atoms with van der Waals surface area (Å²) in [6.45, 7) is 0.367. The maximum absolute atomic E-state index is 12.1. The molecule has 2 heterocycles. The van der Waals surface area contributed by atoms with E-state index in [1.54, 1.807) is 6.20 Å². The number of nitrogens with zero attached hydrogens (tertiary/aromatic N) is 1. The molecule has 8 heteroatoms. The Labute approximate surface area is 140 Å². The molecule has 0 bridgehead atoms. The maximum Gasteiger partial charge on any atom is 0.573 e. The number of rotatable bonds is 5. The predicted octanol–water partition coefficient (Wildman–Crippen LogP) is 4.74. The molecule has 24 heavy (non-hydrogen) atoms. The number of nitrogens with one attached hydrogen (secondary N) is 1. The number of aromatic nitrogens is 2. The van der Waals surface area contributed by atoms with Crippen LogP contribution in [0.25, 0.3) is 10.9 Å². The summed E-state index contributed by atoms with van der Waals surface area (Å²) < 4.78 is 45.6. The number of hydrogen-bond acceptors (Lipinski definition) is 3. The quantitative estimate of drug-likeness (QED) is 0.672. The lowest BCUT2D eigenvalue weighted by Gasteiger charge is -2.10. The number of ether oxygens (including phenoxy) is 2. The van der Waals surface area contributed by atoms with Crippen molar-refractivity contribution >= 4 is 22.5 Å². The van der Waals surface area contributed by atoms with Gasteiger partial charge in [0.15, 0.2) is 5.15 Å². The first-order valence-electron chi connectivity index (χ1n) is 7.01. The molecule has 0 unspecified atom stereocenters. The van der Waals surface area contributed by atoms with Gasteiger partial charge in [-0.1, -0.05) is 11.6 Å². The molecule has 2 aromatic heterocycles. The second-order valence-electron chi connectivity index (χ2n) is 4.96. The van der Waals surface area contributed by atoms with Gasteiger partial charge in [-0.25, -0.2) is 4.98 Å². The van der Waals surface area contributed by atoms with Crippen LogP contribution in [0.1, 0.15) is 5.56 Å². The van der Waals surface area contributed by atoms with Gasteiger partial charge in [0.05, 0.1) is 12.1 Å². The average molecular weight is 357 g/mol. The Bertz CT molecular complexity index is 831. The summed E-state index contributed by atoms with van der Waals surface area (Å²) in [6, 6.07) is 7.13. The molecule has 126 valence electrons. The van der Waals surface area contributed by atoms with Crippen molar-refractivity contribution in [2.75, 3.05) is 6.61 Å². The summed E-state index contributed by atoms with van der Waals surface area (Å²) in [4.78, 5) is 7.05. The lowest BCUT2D eigenvalue weighted by atomic mass is 10.1. The van der Waals surface area contributed by atoms with Crippen LogP contribution < -0.4 is 9.47 Å². The SMILES string of the molecule is FC(F)(F)Oc1ccc(OCCc2c[nH]c3c(Cl)nccc23)cc1. The van der Waals surface area contributed by atoms with E-state index < -0.39 is 6.36 Å². The van der Waals surface area contributed by atoms with E-state index in [-0.39, 0.29) is 5.75 Å². The Morgan fingerprint density at radius 3 is 2.50 bits per heavy atom. The zero-order valence-electron chi connectivity index (χ0n) is 12.2. The first-order valence-corrected chi connectivity index (χ1v) is 7.39. The normalized spacial score (nSPS) is 11.7. The van der Waals surface area contributed by atoms with Gasteiger partial charge in [0.25, 0.3) is 0 Å². The minimum atomic E-state index is -4.70. The molecule has 0 saturated heterocycles. The second kappa shape index (κ2) is 6.60. The van der Waals surface area contributed by atoms with E-state index in [0.29, 0.717) is 23.9 Å². The lowest BCUT2D eigenvalue weighted by molar-refractivity contribution is -0.274. The third-order valence-electron chi connectivity index (χ3n) is 3.34. The zero-order chi connectivity index (χ0) is 17.2. The van der Waals surface area contributed by atoms with Crippen molar-refractivity contribution in [1.29, 1.82) is 0 Å². The van der Waals surface area contributed by atoms with Crippen LogP contribution in [-0.4, -0.2) is 22.9 Å². The van der Waals surface area contributed by atoms with Crippen molar-refractivity contribution < 1.29 is 22.6 Å². The van der Waals surface area contributed by atoms with Crippen molar-refractivity contribution in [3.63, 3.8) is 0 Å². The summed E-state index contributed by atoms with van der Waals surface area (Å²) >= 11 is 6.00. The van der Waals surface area contributed by atoms with Crippen molar-refractivity contribution in [1.82, 2.24) is 9.97 Å². The van der Waals surface area contributed by atoms with Gasteiger partial charge in [-0.2, -0.15) is 0 Å². The molecule has 0 aliphatic rings. The topological polar surface area (TPSA) is 47.1 Å². The Balaban J connectivity index is 1.59. The Morgan fingerprint density at radius 2 is 1.79 bits per heavy atom. The van der Waals surface area contributed by atoms with Crippen LogP contribution >= 0.6 is 11.6 Å². The molecule has 0 atom stereocenters. The van der Waals surface area contributed by atoms with E-state index >= 15 is 0 Å². The first kappa shape index (κ1) is 16.4. The van der Waals surface area contributed by atoms with Gasteiger partial charge < -0.3 is 14.5 Å². The second-order valence-corrected chi connectivity index (χ2v) is 5.31. The number of alkyl halides is 3. The molecule has 3 rings (SSSR count). The molecule has 0 aliphatic heterocycles.